The van der Waals surface area contributed by atoms with Gasteiger partial charge >= 0.3 is 0 Å². The van der Waals surface area contributed by atoms with Crippen LogP contribution in [0.5, 0.6) is 0 Å². The summed E-state index contributed by atoms with van der Waals surface area (Å²) in [6.07, 6.45) is 0. The fraction of sp³-hybridized carbons (Fsp3) is 0.150. The Morgan fingerprint density at radius 1 is 1.00 bits per heavy atom. The summed E-state index contributed by atoms with van der Waals surface area (Å²) in [5.41, 5.74) is 6.24. The standard InChI is InChI=1S/C20H20N2O3S/c1-14(20(21)23)22-13-16-7-5-6-15-12-18(10-11-19(15)16)26(24,25)17-8-3-2-4-9-17/h2-12,14,22H,13H2,1H3,(H2,21,23). The van der Waals surface area contributed by atoms with Gasteiger partial charge in [0.05, 0.1) is 15.8 Å². The molecule has 3 aromatic carbocycles. The molecule has 3 N–H and O–H groups in total. The maximum Gasteiger partial charge on any atom is 0.234 e. The van der Waals surface area contributed by atoms with Crippen molar-refractivity contribution in [3.63, 3.8) is 0 Å². The second-order valence-corrected chi connectivity index (χ2v) is 8.07. The van der Waals surface area contributed by atoms with Crippen LogP contribution in [0.3, 0.4) is 0 Å². The van der Waals surface area contributed by atoms with Crippen molar-refractivity contribution in [2.75, 3.05) is 0 Å². The van der Waals surface area contributed by atoms with Gasteiger partial charge in [-0.25, -0.2) is 8.42 Å². The van der Waals surface area contributed by atoms with E-state index < -0.39 is 21.8 Å². The molecular weight excluding hydrogens is 348 g/mol. The molecule has 0 fully saturated rings. The first-order valence-corrected chi connectivity index (χ1v) is 9.72. The number of carbonyl (C=O) groups excluding carboxylic acids is 1. The van der Waals surface area contributed by atoms with E-state index in [0.717, 1.165) is 16.3 Å². The molecule has 0 aliphatic heterocycles. The molecule has 3 rings (SSSR count). The minimum Gasteiger partial charge on any atom is -0.368 e. The lowest BCUT2D eigenvalue weighted by Gasteiger charge is -2.13. The average Bonchev–Trinajstić information content (AvgIpc) is 2.66. The molecule has 0 aliphatic rings. The van der Waals surface area contributed by atoms with E-state index in [9.17, 15) is 13.2 Å². The largest absolute Gasteiger partial charge is 0.368 e. The van der Waals surface area contributed by atoms with Crippen LogP contribution in [0.4, 0.5) is 0 Å². The third kappa shape index (κ3) is 3.61. The van der Waals surface area contributed by atoms with E-state index in [4.69, 9.17) is 5.73 Å². The van der Waals surface area contributed by atoms with Crippen LogP contribution in [-0.4, -0.2) is 20.4 Å². The van der Waals surface area contributed by atoms with Gasteiger partial charge in [0.2, 0.25) is 15.7 Å². The first kappa shape index (κ1) is 18.1. The van der Waals surface area contributed by atoms with Crippen molar-refractivity contribution in [2.45, 2.75) is 29.3 Å². The SMILES string of the molecule is CC(NCc1cccc2cc(S(=O)(=O)c3ccccc3)ccc12)C(N)=O. The normalized spacial score (nSPS) is 12.8. The monoisotopic (exact) mass is 368 g/mol. The average molecular weight is 368 g/mol. The molecule has 3 aromatic rings. The Labute approximate surface area is 152 Å². The molecule has 1 unspecified atom stereocenters. The van der Waals surface area contributed by atoms with Crippen LogP contribution in [0.2, 0.25) is 0 Å². The number of hydrogen-bond donors (Lipinski definition) is 2. The van der Waals surface area contributed by atoms with Crippen LogP contribution in [0, 0.1) is 0 Å². The van der Waals surface area contributed by atoms with E-state index in [0.29, 0.717) is 6.54 Å². The molecule has 6 heteroatoms. The summed E-state index contributed by atoms with van der Waals surface area (Å²) in [4.78, 5) is 11.7. The van der Waals surface area contributed by atoms with E-state index >= 15 is 0 Å². The van der Waals surface area contributed by atoms with Gasteiger partial charge in [-0.15, -0.1) is 0 Å². The Morgan fingerprint density at radius 3 is 2.42 bits per heavy atom. The predicted molar refractivity (Wildman–Crippen MR) is 101 cm³/mol. The van der Waals surface area contributed by atoms with Gasteiger partial charge in [-0.3, -0.25) is 4.79 Å². The van der Waals surface area contributed by atoms with Gasteiger partial charge in [-0.2, -0.15) is 0 Å². The molecule has 0 saturated carbocycles. The van der Waals surface area contributed by atoms with Crippen LogP contribution in [0.1, 0.15) is 12.5 Å². The molecule has 26 heavy (non-hydrogen) atoms. The van der Waals surface area contributed by atoms with E-state index in [2.05, 4.69) is 5.32 Å². The minimum absolute atomic E-state index is 0.256. The molecular formula is C20H20N2O3S. The lowest BCUT2D eigenvalue weighted by atomic mass is 10.0. The van der Waals surface area contributed by atoms with Gasteiger partial charge in [-0.1, -0.05) is 42.5 Å². The lowest BCUT2D eigenvalue weighted by molar-refractivity contribution is -0.119. The lowest BCUT2D eigenvalue weighted by Crippen LogP contribution is -2.38. The number of hydrogen-bond acceptors (Lipinski definition) is 4. The smallest absolute Gasteiger partial charge is 0.234 e. The molecule has 0 heterocycles. The minimum atomic E-state index is -3.56. The molecule has 0 saturated heterocycles. The summed E-state index contributed by atoms with van der Waals surface area (Å²) in [6.45, 7) is 2.17. The van der Waals surface area contributed by atoms with E-state index in [1.54, 1.807) is 55.5 Å². The van der Waals surface area contributed by atoms with Crippen molar-refractivity contribution in [1.29, 1.82) is 0 Å². The van der Waals surface area contributed by atoms with Gasteiger partial charge in [-0.05, 0) is 47.5 Å². The highest BCUT2D eigenvalue weighted by atomic mass is 32.2. The van der Waals surface area contributed by atoms with Crippen LogP contribution in [0.25, 0.3) is 10.8 Å². The summed E-state index contributed by atoms with van der Waals surface area (Å²) in [6, 6.07) is 18.7. The first-order valence-electron chi connectivity index (χ1n) is 8.24. The quantitative estimate of drug-likeness (QED) is 0.700. The number of nitrogens with two attached hydrogens (primary N) is 1. The predicted octanol–water partition coefficient (Wildman–Crippen LogP) is 2.64. The number of nitrogens with one attached hydrogen (secondary N) is 1. The van der Waals surface area contributed by atoms with Crippen LogP contribution in [-0.2, 0) is 21.2 Å². The molecule has 0 aromatic heterocycles. The Morgan fingerprint density at radius 2 is 1.73 bits per heavy atom. The number of rotatable bonds is 6. The Kier molecular flexibility index (Phi) is 5.06. The van der Waals surface area contributed by atoms with Crippen LogP contribution in [0.15, 0.2) is 76.5 Å². The van der Waals surface area contributed by atoms with Crippen molar-refractivity contribution < 1.29 is 13.2 Å². The zero-order valence-electron chi connectivity index (χ0n) is 14.3. The number of primary amides is 1. The van der Waals surface area contributed by atoms with E-state index in [1.165, 1.54) is 0 Å². The number of fused-ring (bicyclic) bond motifs is 1. The zero-order chi connectivity index (χ0) is 18.7. The number of carbonyl (C=O) groups is 1. The number of amides is 1. The highest BCUT2D eigenvalue weighted by Crippen LogP contribution is 2.26. The second-order valence-electron chi connectivity index (χ2n) is 6.12. The van der Waals surface area contributed by atoms with Crippen molar-refractivity contribution in [2.24, 2.45) is 5.73 Å². The Bertz CT molecular complexity index is 1050. The van der Waals surface area contributed by atoms with Gasteiger partial charge in [0.25, 0.3) is 0 Å². The molecule has 0 aliphatic carbocycles. The van der Waals surface area contributed by atoms with Gasteiger partial charge in [0, 0.05) is 6.54 Å². The first-order chi connectivity index (χ1) is 12.4. The summed E-state index contributed by atoms with van der Waals surface area (Å²) >= 11 is 0. The zero-order valence-corrected chi connectivity index (χ0v) is 15.2. The molecule has 0 radical (unpaired) electrons. The summed E-state index contributed by atoms with van der Waals surface area (Å²) in [7, 11) is -3.56. The molecule has 1 atom stereocenters. The number of sulfone groups is 1. The summed E-state index contributed by atoms with van der Waals surface area (Å²) in [5, 5.41) is 4.83. The fourth-order valence-electron chi connectivity index (χ4n) is 2.75. The molecule has 5 nitrogen and oxygen atoms in total. The van der Waals surface area contributed by atoms with E-state index in [-0.39, 0.29) is 9.79 Å². The molecule has 0 bridgehead atoms. The maximum absolute atomic E-state index is 12.8. The highest BCUT2D eigenvalue weighted by Gasteiger charge is 2.18. The van der Waals surface area contributed by atoms with Crippen molar-refractivity contribution in [3.8, 4) is 0 Å². The van der Waals surface area contributed by atoms with Crippen molar-refractivity contribution in [1.82, 2.24) is 5.32 Å². The van der Waals surface area contributed by atoms with Gasteiger partial charge < -0.3 is 11.1 Å². The maximum atomic E-state index is 12.8. The molecule has 134 valence electrons. The fourth-order valence-corrected chi connectivity index (χ4v) is 4.07. The third-order valence-corrected chi connectivity index (χ3v) is 6.10. The van der Waals surface area contributed by atoms with Gasteiger partial charge in [0.1, 0.15) is 0 Å². The Balaban J connectivity index is 1.97. The summed E-state index contributed by atoms with van der Waals surface area (Å²) < 4.78 is 25.6. The van der Waals surface area contributed by atoms with Crippen molar-refractivity contribution >= 4 is 26.5 Å². The molecule has 1 amide bonds. The van der Waals surface area contributed by atoms with E-state index in [1.807, 2.05) is 18.2 Å². The third-order valence-electron chi connectivity index (χ3n) is 4.33. The van der Waals surface area contributed by atoms with Gasteiger partial charge in [0.15, 0.2) is 0 Å². The highest BCUT2D eigenvalue weighted by molar-refractivity contribution is 7.91. The summed E-state index contributed by atoms with van der Waals surface area (Å²) in [5.74, 6) is -0.415. The number of benzene rings is 3. The van der Waals surface area contributed by atoms with Crippen molar-refractivity contribution in [3.05, 3.63) is 72.3 Å². The Hall–Kier alpha value is -2.70. The molecule has 0 spiro atoms. The second kappa shape index (κ2) is 7.27. The van der Waals surface area contributed by atoms with Crippen LogP contribution >= 0.6 is 0 Å². The topological polar surface area (TPSA) is 89.3 Å². The van der Waals surface area contributed by atoms with Crippen LogP contribution < -0.4 is 11.1 Å².